The molecule has 1 saturated heterocycles. The fraction of sp³-hybridized carbons (Fsp3) is 0.350. The van der Waals surface area contributed by atoms with Crippen molar-refractivity contribution in [2.45, 2.75) is 26.3 Å². The van der Waals surface area contributed by atoms with Crippen LogP contribution in [0.15, 0.2) is 48.8 Å². The Balaban J connectivity index is 1.38. The maximum atomic E-state index is 12.7. The largest absolute Gasteiger partial charge is 0.352 e. The van der Waals surface area contributed by atoms with Crippen LogP contribution in [0, 0.1) is 12.8 Å². The molecule has 1 atom stereocenters. The summed E-state index contributed by atoms with van der Waals surface area (Å²) in [4.78, 5) is 14.9. The number of carbonyl (C=O) groups excluding carboxylic acids is 1. The molecule has 0 spiro atoms. The summed E-state index contributed by atoms with van der Waals surface area (Å²) in [6.45, 7) is 4.27. The van der Waals surface area contributed by atoms with Crippen molar-refractivity contribution in [3.63, 3.8) is 0 Å². The van der Waals surface area contributed by atoms with Gasteiger partial charge in [0.25, 0.3) is 0 Å². The van der Waals surface area contributed by atoms with E-state index in [1.54, 1.807) is 11.3 Å². The quantitative estimate of drug-likeness (QED) is 0.737. The summed E-state index contributed by atoms with van der Waals surface area (Å²) in [5.74, 6) is 0.111. The predicted molar refractivity (Wildman–Crippen MR) is 107 cm³/mol. The van der Waals surface area contributed by atoms with E-state index in [1.165, 1.54) is 11.1 Å². The Morgan fingerprint density at radius 2 is 1.96 bits per heavy atom. The van der Waals surface area contributed by atoms with E-state index in [0.717, 1.165) is 29.6 Å². The number of aromatic nitrogens is 3. The molecule has 4 rings (SSSR count). The molecule has 0 saturated carbocycles. The summed E-state index contributed by atoms with van der Waals surface area (Å²) in [6, 6.07) is 12.1. The molecule has 1 N–H and O–H groups in total. The maximum absolute atomic E-state index is 12.7. The van der Waals surface area contributed by atoms with Crippen molar-refractivity contribution >= 4 is 22.4 Å². The smallest absolute Gasteiger partial charge is 0.225 e. The molecule has 1 amide bonds. The lowest BCUT2D eigenvalue weighted by molar-refractivity contribution is -0.125. The van der Waals surface area contributed by atoms with Crippen LogP contribution >= 0.6 is 11.3 Å². The Morgan fingerprint density at radius 1 is 1.19 bits per heavy atom. The van der Waals surface area contributed by atoms with Crippen LogP contribution in [0.2, 0.25) is 0 Å². The van der Waals surface area contributed by atoms with Crippen molar-refractivity contribution in [1.29, 1.82) is 0 Å². The molecule has 1 fully saturated rings. The summed E-state index contributed by atoms with van der Waals surface area (Å²) in [6.07, 6.45) is 5.82. The fourth-order valence-electron chi connectivity index (χ4n) is 3.40. The van der Waals surface area contributed by atoms with Crippen LogP contribution in [0.5, 0.6) is 0 Å². The molecule has 1 aromatic carbocycles. The molecule has 1 aliphatic heterocycles. The van der Waals surface area contributed by atoms with E-state index in [-0.39, 0.29) is 11.8 Å². The molecule has 3 heterocycles. The molecule has 140 valence electrons. The van der Waals surface area contributed by atoms with E-state index in [2.05, 4.69) is 39.5 Å². The molecular weight excluding hydrogens is 358 g/mol. The number of piperidine rings is 1. The Kier molecular flexibility index (Phi) is 5.20. The number of anilines is 1. The molecule has 2 aromatic heterocycles. The van der Waals surface area contributed by atoms with Gasteiger partial charge in [0.15, 0.2) is 0 Å². The van der Waals surface area contributed by atoms with Crippen LogP contribution in [0.4, 0.5) is 5.13 Å². The zero-order valence-corrected chi connectivity index (χ0v) is 16.2. The molecule has 0 aliphatic carbocycles. The topological polar surface area (TPSA) is 63.1 Å². The van der Waals surface area contributed by atoms with Gasteiger partial charge >= 0.3 is 0 Å². The van der Waals surface area contributed by atoms with Crippen molar-refractivity contribution in [3.8, 4) is 5.13 Å². The first-order valence-electron chi connectivity index (χ1n) is 9.25. The number of nitrogens with zero attached hydrogens (tertiary/aromatic N) is 4. The van der Waals surface area contributed by atoms with E-state index in [4.69, 9.17) is 0 Å². The van der Waals surface area contributed by atoms with E-state index < -0.39 is 0 Å². The van der Waals surface area contributed by atoms with Gasteiger partial charge in [-0.1, -0.05) is 35.6 Å². The van der Waals surface area contributed by atoms with Crippen molar-refractivity contribution in [1.82, 2.24) is 20.1 Å². The number of benzene rings is 1. The lowest BCUT2D eigenvalue weighted by Gasteiger charge is -2.31. The van der Waals surface area contributed by atoms with E-state index >= 15 is 0 Å². The number of nitrogens with one attached hydrogen (secondary N) is 1. The standard InChI is InChI=1S/C20H23N5OS/c1-15-7-2-3-8-16(15)13-21-18(26)17-9-6-12-25(14-17)20-23-22-19(27-20)24-10-4-5-11-24/h2-5,7-8,10-11,17H,6,9,12-14H2,1H3,(H,21,26). The minimum absolute atomic E-state index is 0.0123. The van der Waals surface area contributed by atoms with Crippen molar-refractivity contribution in [2.75, 3.05) is 18.0 Å². The monoisotopic (exact) mass is 381 g/mol. The van der Waals surface area contributed by atoms with Gasteiger partial charge in [-0.15, -0.1) is 10.2 Å². The number of hydrogen-bond acceptors (Lipinski definition) is 5. The van der Waals surface area contributed by atoms with Crippen molar-refractivity contribution in [2.24, 2.45) is 5.92 Å². The number of rotatable bonds is 5. The second kappa shape index (κ2) is 7.92. The summed E-state index contributed by atoms with van der Waals surface area (Å²) < 4.78 is 1.96. The number of aryl methyl sites for hydroxylation is 1. The summed E-state index contributed by atoms with van der Waals surface area (Å²) in [5.41, 5.74) is 2.37. The Labute approximate surface area is 162 Å². The van der Waals surface area contributed by atoms with Gasteiger partial charge in [-0.2, -0.15) is 0 Å². The van der Waals surface area contributed by atoms with E-state index in [1.807, 2.05) is 41.2 Å². The van der Waals surface area contributed by atoms with Crippen LogP contribution in [0.3, 0.4) is 0 Å². The highest BCUT2D eigenvalue weighted by Gasteiger charge is 2.27. The molecule has 1 aliphatic rings. The molecule has 1 unspecified atom stereocenters. The molecule has 3 aromatic rings. The summed E-state index contributed by atoms with van der Waals surface area (Å²) >= 11 is 1.56. The SMILES string of the molecule is Cc1ccccc1CNC(=O)C1CCCN(c2nnc(-n3cccc3)s2)C1. The molecule has 0 radical (unpaired) electrons. The first kappa shape index (κ1) is 17.7. The average Bonchev–Trinajstić information content (AvgIpc) is 3.39. The normalized spacial score (nSPS) is 17.1. The second-order valence-corrected chi connectivity index (χ2v) is 7.82. The highest BCUT2D eigenvalue weighted by Crippen LogP contribution is 2.28. The first-order chi connectivity index (χ1) is 13.2. The van der Waals surface area contributed by atoms with Gasteiger partial charge in [-0.3, -0.25) is 9.36 Å². The zero-order valence-electron chi connectivity index (χ0n) is 15.3. The third-order valence-corrected chi connectivity index (χ3v) is 6.00. The lowest BCUT2D eigenvalue weighted by Crippen LogP contribution is -2.43. The molecule has 27 heavy (non-hydrogen) atoms. The van der Waals surface area contributed by atoms with Gasteiger partial charge in [-0.25, -0.2) is 0 Å². The Morgan fingerprint density at radius 3 is 2.78 bits per heavy atom. The van der Waals surface area contributed by atoms with Gasteiger partial charge < -0.3 is 10.2 Å². The van der Waals surface area contributed by atoms with Crippen molar-refractivity contribution in [3.05, 3.63) is 59.9 Å². The number of amides is 1. The van der Waals surface area contributed by atoms with Gasteiger partial charge in [-0.05, 0) is 43.0 Å². The highest BCUT2D eigenvalue weighted by molar-refractivity contribution is 7.17. The average molecular weight is 382 g/mol. The number of carbonyl (C=O) groups is 1. The molecule has 0 bridgehead atoms. The van der Waals surface area contributed by atoms with Crippen LogP contribution in [0.1, 0.15) is 24.0 Å². The summed E-state index contributed by atoms with van der Waals surface area (Å²) in [5, 5.41) is 13.5. The van der Waals surface area contributed by atoms with Gasteiger partial charge in [0.1, 0.15) is 0 Å². The number of hydrogen-bond donors (Lipinski definition) is 1. The van der Waals surface area contributed by atoms with Crippen LogP contribution < -0.4 is 10.2 Å². The van der Waals surface area contributed by atoms with Gasteiger partial charge in [0.2, 0.25) is 16.2 Å². The van der Waals surface area contributed by atoms with E-state index in [9.17, 15) is 4.79 Å². The minimum atomic E-state index is -0.0123. The van der Waals surface area contributed by atoms with Crippen LogP contribution in [0.25, 0.3) is 5.13 Å². The van der Waals surface area contributed by atoms with Crippen molar-refractivity contribution < 1.29 is 4.79 Å². The maximum Gasteiger partial charge on any atom is 0.225 e. The molecule has 7 heteroatoms. The first-order valence-corrected chi connectivity index (χ1v) is 10.1. The van der Waals surface area contributed by atoms with Gasteiger partial charge in [0, 0.05) is 32.0 Å². The minimum Gasteiger partial charge on any atom is -0.352 e. The fourth-order valence-corrected chi connectivity index (χ4v) is 4.25. The lowest BCUT2D eigenvalue weighted by atomic mass is 9.97. The third kappa shape index (κ3) is 4.03. The Hall–Kier alpha value is -2.67. The molecular formula is C20H23N5OS. The Bertz CT molecular complexity index is 905. The van der Waals surface area contributed by atoms with Gasteiger partial charge in [0.05, 0.1) is 5.92 Å². The van der Waals surface area contributed by atoms with Crippen LogP contribution in [-0.2, 0) is 11.3 Å². The predicted octanol–water partition coefficient (Wildman–Crippen LogP) is 3.17. The zero-order chi connectivity index (χ0) is 18.6. The second-order valence-electron chi connectivity index (χ2n) is 6.89. The van der Waals surface area contributed by atoms with Crippen LogP contribution in [-0.4, -0.2) is 33.8 Å². The third-order valence-electron chi connectivity index (χ3n) is 5.01. The highest BCUT2D eigenvalue weighted by atomic mass is 32.1. The van der Waals surface area contributed by atoms with E-state index in [0.29, 0.717) is 13.1 Å². The molecule has 6 nitrogen and oxygen atoms in total. The summed E-state index contributed by atoms with van der Waals surface area (Å²) in [7, 11) is 0.